The molecule has 0 radical (unpaired) electrons. The van der Waals surface area contributed by atoms with E-state index in [9.17, 15) is 14.0 Å². The number of aromatic nitrogens is 1. The molecule has 4 aromatic rings. The Morgan fingerprint density at radius 1 is 0.912 bits per heavy atom. The van der Waals surface area contributed by atoms with Crippen LogP contribution in [-0.2, 0) is 15.9 Å². The van der Waals surface area contributed by atoms with Crippen LogP contribution < -0.4 is 0 Å². The molecule has 0 N–H and O–H groups in total. The third-order valence-corrected chi connectivity index (χ3v) is 5.43. The number of nitrogens with zero attached hydrogens (tertiary/aromatic N) is 1. The van der Waals surface area contributed by atoms with Crippen molar-refractivity contribution in [1.82, 2.24) is 4.57 Å². The van der Waals surface area contributed by atoms with E-state index in [0.717, 1.165) is 22.1 Å². The Kier molecular flexibility index (Phi) is 6.24. The SMILES string of the molecule is COC(=O)c1c(Cc2ccccc2)c2ccc(-c3ccc(F)cc3)cc2n1C(=O)OC(C)(C)C. The first-order valence-corrected chi connectivity index (χ1v) is 11.0. The Morgan fingerprint density at radius 2 is 1.56 bits per heavy atom. The van der Waals surface area contributed by atoms with Crippen LogP contribution in [0.3, 0.4) is 0 Å². The monoisotopic (exact) mass is 459 g/mol. The molecular formula is C28H26FNO4. The summed E-state index contributed by atoms with van der Waals surface area (Å²) in [5.74, 6) is -0.962. The molecule has 3 aromatic carbocycles. The van der Waals surface area contributed by atoms with Gasteiger partial charge in [-0.15, -0.1) is 0 Å². The average Bonchev–Trinajstić information content (AvgIpc) is 3.12. The third-order valence-electron chi connectivity index (χ3n) is 5.43. The molecule has 0 aliphatic rings. The van der Waals surface area contributed by atoms with Crippen LogP contribution in [0, 0.1) is 5.82 Å². The van der Waals surface area contributed by atoms with Gasteiger partial charge in [0.25, 0.3) is 0 Å². The lowest BCUT2D eigenvalue weighted by molar-refractivity contribution is 0.0488. The van der Waals surface area contributed by atoms with Gasteiger partial charge in [0.2, 0.25) is 0 Å². The minimum absolute atomic E-state index is 0.131. The molecule has 0 saturated heterocycles. The molecule has 4 rings (SSSR count). The van der Waals surface area contributed by atoms with Gasteiger partial charge in [-0.25, -0.2) is 18.5 Å². The van der Waals surface area contributed by atoms with Crippen LogP contribution in [-0.4, -0.2) is 29.3 Å². The van der Waals surface area contributed by atoms with Crippen LogP contribution in [0.1, 0.15) is 42.4 Å². The second-order valence-corrected chi connectivity index (χ2v) is 9.04. The first-order chi connectivity index (χ1) is 16.2. The van der Waals surface area contributed by atoms with Crippen molar-refractivity contribution in [2.75, 3.05) is 7.11 Å². The molecule has 6 heteroatoms. The van der Waals surface area contributed by atoms with Crippen molar-refractivity contribution in [1.29, 1.82) is 0 Å². The fourth-order valence-corrected chi connectivity index (χ4v) is 3.96. The number of rotatable bonds is 4. The zero-order valence-electron chi connectivity index (χ0n) is 19.6. The number of carbonyl (C=O) groups excluding carboxylic acids is 2. The molecule has 0 spiro atoms. The molecule has 5 nitrogen and oxygen atoms in total. The molecule has 1 aromatic heterocycles. The zero-order valence-corrected chi connectivity index (χ0v) is 19.6. The topological polar surface area (TPSA) is 57.5 Å². The maximum atomic E-state index is 13.5. The first kappa shape index (κ1) is 23.2. The molecule has 0 amide bonds. The molecular weight excluding hydrogens is 433 g/mol. The van der Waals surface area contributed by atoms with Crippen LogP contribution in [0.4, 0.5) is 9.18 Å². The molecule has 34 heavy (non-hydrogen) atoms. The standard InChI is InChI=1S/C28H26FNO4/c1-28(2,3)34-27(32)30-24-17-20(19-10-13-21(29)14-11-19)12-15-22(24)23(25(30)26(31)33-4)16-18-8-6-5-7-9-18/h5-15,17H,16H2,1-4H3. The Bertz CT molecular complexity index is 1350. The summed E-state index contributed by atoms with van der Waals surface area (Å²) in [5, 5.41) is 0.737. The largest absolute Gasteiger partial charge is 0.464 e. The highest BCUT2D eigenvalue weighted by Gasteiger charge is 2.30. The van der Waals surface area contributed by atoms with Gasteiger partial charge in [0, 0.05) is 11.8 Å². The van der Waals surface area contributed by atoms with Gasteiger partial charge in [-0.1, -0.05) is 54.6 Å². The molecule has 0 atom stereocenters. The van der Waals surface area contributed by atoms with Crippen molar-refractivity contribution >= 4 is 23.0 Å². The minimum atomic E-state index is -0.769. The smallest absolute Gasteiger partial charge is 0.419 e. The summed E-state index contributed by atoms with van der Waals surface area (Å²) in [7, 11) is 1.29. The summed E-state index contributed by atoms with van der Waals surface area (Å²) in [6, 6.07) is 21.4. The summed E-state index contributed by atoms with van der Waals surface area (Å²) < 4.78 is 25.5. The summed E-state index contributed by atoms with van der Waals surface area (Å²) in [4.78, 5) is 26.3. The van der Waals surface area contributed by atoms with Gasteiger partial charge in [0.1, 0.15) is 17.1 Å². The van der Waals surface area contributed by atoms with E-state index in [2.05, 4.69) is 0 Å². The fraction of sp³-hybridized carbons (Fsp3) is 0.214. The second-order valence-electron chi connectivity index (χ2n) is 9.04. The lowest BCUT2D eigenvalue weighted by Gasteiger charge is -2.21. The van der Waals surface area contributed by atoms with E-state index >= 15 is 0 Å². The van der Waals surface area contributed by atoms with Gasteiger partial charge in [0.05, 0.1) is 12.6 Å². The number of carbonyl (C=O) groups is 2. The number of hydrogen-bond donors (Lipinski definition) is 0. The van der Waals surface area contributed by atoms with E-state index in [0.29, 0.717) is 17.5 Å². The third kappa shape index (κ3) is 4.71. The van der Waals surface area contributed by atoms with Gasteiger partial charge < -0.3 is 9.47 Å². The van der Waals surface area contributed by atoms with Crippen LogP contribution in [0.25, 0.3) is 22.0 Å². The normalized spacial score (nSPS) is 11.4. The summed E-state index contributed by atoms with van der Waals surface area (Å²) in [5.41, 5.74) is 3.09. The molecule has 0 fully saturated rings. The maximum Gasteiger partial charge on any atom is 0.419 e. The molecule has 174 valence electrons. The highest BCUT2D eigenvalue weighted by atomic mass is 19.1. The van der Waals surface area contributed by atoms with Crippen LogP contribution in [0.5, 0.6) is 0 Å². The predicted octanol–water partition coefficient (Wildman–Crippen LogP) is 6.61. The number of ether oxygens (including phenoxy) is 2. The highest BCUT2D eigenvalue weighted by molar-refractivity contribution is 6.05. The Balaban J connectivity index is 1.99. The highest BCUT2D eigenvalue weighted by Crippen LogP contribution is 2.33. The number of hydrogen-bond acceptors (Lipinski definition) is 4. The number of halogens is 1. The molecule has 0 unspecified atom stereocenters. The lowest BCUT2D eigenvalue weighted by atomic mass is 9.99. The molecule has 0 aliphatic carbocycles. The van der Waals surface area contributed by atoms with Gasteiger partial charge in [0.15, 0.2) is 0 Å². The summed E-state index contributed by atoms with van der Waals surface area (Å²) in [6.45, 7) is 5.30. The van der Waals surface area contributed by atoms with Crippen molar-refractivity contribution in [3.63, 3.8) is 0 Å². The minimum Gasteiger partial charge on any atom is -0.464 e. The number of esters is 1. The zero-order chi connectivity index (χ0) is 24.5. The lowest BCUT2D eigenvalue weighted by Crippen LogP contribution is -2.29. The number of methoxy groups -OCH3 is 1. The van der Waals surface area contributed by atoms with Gasteiger partial charge >= 0.3 is 12.1 Å². The van der Waals surface area contributed by atoms with Gasteiger partial charge in [-0.05, 0) is 61.2 Å². The average molecular weight is 460 g/mol. The summed E-state index contributed by atoms with van der Waals surface area (Å²) >= 11 is 0. The Labute approximate surface area is 197 Å². The Morgan fingerprint density at radius 3 is 2.18 bits per heavy atom. The van der Waals surface area contributed by atoms with Crippen molar-refractivity contribution in [2.24, 2.45) is 0 Å². The maximum absolute atomic E-state index is 13.5. The second kappa shape index (κ2) is 9.14. The Hall–Kier alpha value is -3.93. The van der Waals surface area contributed by atoms with E-state index in [-0.39, 0.29) is 11.5 Å². The van der Waals surface area contributed by atoms with Gasteiger partial charge in [-0.3, -0.25) is 0 Å². The van der Waals surface area contributed by atoms with Crippen molar-refractivity contribution in [3.8, 4) is 11.1 Å². The van der Waals surface area contributed by atoms with Gasteiger partial charge in [-0.2, -0.15) is 0 Å². The van der Waals surface area contributed by atoms with E-state index < -0.39 is 17.7 Å². The van der Waals surface area contributed by atoms with Crippen molar-refractivity contribution in [2.45, 2.75) is 32.8 Å². The molecule has 0 aliphatic heterocycles. The van der Waals surface area contributed by atoms with E-state index in [1.807, 2.05) is 48.5 Å². The van der Waals surface area contributed by atoms with Crippen LogP contribution >= 0.6 is 0 Å². The predicted molar refractivity (Wildman–Crippen MR) is 130 cm³/mol. The fourth-order valence-electron chi connectivity index (χ4n) is 3.96. The van der Waals surface area contributed by atoms with E-state index in [1.54, 1.807) is 32.9 Å². The molecule has 0 bridgehead atoms. The van der Waals surface area contributed by atoms with E-state index in [1.165, 1.54) is 23.8 Å². The number of benzene rings is 3. The molecule has 1 heterocycles. The van der Waals surface area contributed by atoms with Crippen LogP contribution in [0.15, 0.2) is 72.8 Å². The number of fused-ring (bicyclic) bond motifs is 1. The quantitative estimate of drug-likeness (QED) is 0.322. The van der Waals surface area contributed by atoms with Crippen molar-refractivity contribution < 1.29 is 23.5 Å². The first-order valence-electron chi connectivity index (χ1n) is 11.0. The molecule has 0 saturated carbocycles. The van der Waals surface area contributed by atoms with Crippen molar-refractivity contribution in [3.05, 3.63) is 95.4 Å². The van der Waals surface area contributed by atoms with E-state index in [4.69, 9.17) is 9.47 Å². The summed E-state index contributed by atoms with van der Waals surface area (Å²) in [6.07, 6.45) is -0.249. The van der Waals surface area contributed by atoms with Crippen LogP contribution in [0.2, 0.25) is 0 Å².